The molecule has 8 nitrogen and oxygen atoms in total. The van der Waals surface area contributed by atoms with Gasteiger partial charge in [0.2, 0.25) is 10.0 Å². The summed E-state index contributed by atoms with van der Waals surface area (Å²) >= 11 is 0. The van der Waals surface area contributed by atoms with E-state index in [1.54, 1.807) is 6.92 Å². The summed E-state index contributed by atoms with van der Waals surface area (Å²) in [5, 5.41) is 9.04. The summed E-state index contributed by atoms with van der Waals surface area (Å²) in [5.74, 6) is -1.48. The number of carboxylic acids is 1. The normalized spacial score (nSPS) is 21.9. The van der Waals surface area contributed by atoms with Gasteiger partial charge in [-0.25, -0.2) is 17.9 Å². The maximum Gasteiger partial charge on any atom is 0.334 e. The van der Waals surface area contributed by atoms with E-state index in [-0.39, 0.29) is 23.9 Å². The highest BCUT2D eigenvalue weighted by Crippen LogP contribution is 2.16. The fraction of sp³-hybridized carbons (Fsp3) is 0.429. The molecule has 0 aliphatic carbocycles. The number of sulfonamides is 1. The molecule has 0 bridgehead atoms. The van der Waals surface area contributed by atoms with Gasteiger partial charge in [0.25, 0.3) is 5.91 Å². The number of benzene rings is 1. The van der Waals surface area contributed by atoms with Gasteiger partial charge < -0.3 is 14.7 Å². The molecule has 2 rings (SSSR count). The molecule has 1 aromatic rings. The zero-order chi connectivity index (χ0) is 17.2. The molecule has 1 saturated heterocycles. The molecule has 1 heterocycles. The first kappa shape index (κ1) is 17.4. The number of nitrogens with one attached hydrogen (secondary N) is 1. The second kappa shape index (κ2) is 6.65. The lowest BCUT2D eigenvalue weighted by Gasteiger charge is -2.35. The number of aliphatic carboxylic acids is 1. The third kappa shape index (κ3) is 3.87. The van der Waals surface area contributed by atoms with Crippen LogP contribution in [0.4, 0.5) is 0 Å². The molecule has 1 aliphatic heterocycles. The molecule has 0 spiro atoms. The van der Waals surface area contributed by atoms with Crippen molar-refractivity contribution in [3.63, 3.8) is 0 Å². The van der Waals surface area contributed by atoms with Crippen LogP contribution in [0, 0.1) is 0 Å². The Balaban J connectivity index is 2.18. The van der Waals surface area contributed by atoms with Crippen molar-refractivity contribution in [2.45, 2.75) is 24.0 Å². The first-order valence-corrected chi connectivity index (χ1v) is 8.44. The summed E-state index contributed by atoms with van der Waals surface area (Å²) in [6.45, 7) is 1.92. The van der Waals surface area contributed by atoms with Crippen LogP contribution in [0.25, 0.3) is 0 Å². The van der Waals surface area contributed by atoms with Crippen molar-refractivity contribution in [2.75, 3.05) is 20.1 Å². The number of hydrogen-bond donors (Lipinski definition) is 2. The van der Waals surface area contributed by atoms with E-state index in [0.29, 0.717) is 5.56 Å². The molecule has 1 fully saturated rings. The third-order valence-electron chi connectivity index (χ3n) is 3.50. The highest BCUT2D eigenvalue weighted by molar-refractivity contribution is 7.89. The lowest BCUT2D eigenvalue weighted by atomic mass is 10.1. The molecule has 126 valence electrons. The maximum atomic E-state index is 12.5. The van der Waals surface area contributed by atoms with Crippen molar-refractivity contribution in [3.05, 3.63) is 29.8 Å². The SMILES string of the molecule is CNS(=O)(=O)c1ccc(C(=O)N2CC(C(=O)O)O[C@H](C)C2)cc1. The highest BCUT2D eigenvalue weighted by Gasteiger charge is 2.33. The summed E-state index contributed by atoms with van der Waals surface area (Å²) < 4.78 is 30.8. The van der Waals surface area contributed by atoms with Gasteiger partial charge in [-0.3, -0.25) is 4.79 Å². The molecule has 0 aromatic heterocycles. The molecule has 1 aliphatic rings. The number of carboxylic acid groups (broad SMARTS) is 1. The second-order valence-corrected chi connectivity index (χ2v) is 7.10. The average Bonchev–Trinajstić information content (AvgIpc) is 2.53. The Morgan fingerprint density at radius 2 is 1.87 bits per heavy atom. The van der Waals surface area contributed by atoms with E-state index in [1.165, 1.54) is 36.2 Å². The zero-order valence-electron chi connectivity index (χ0n) is 12.7. The second-order valence-electron chi connectivity index (χ2n) is 5.22. The van der Waals surface area contributed by atoms with Crippen molar-refractivity contribution in [1.29, 1.82) is 0 Å². The highest BCUT2D eigenvalue weighted by atomic mass is 32.2. The van der Waals surface area contributed by atoms with Crippen LogP contribution in [-0.4, -0.2) is 62.6 Å². The topological polar surface area (TPSA) is 113 Å². The van der Waals surface area contributed by atoms with Crippen LogP contribution in [0.3, 0.4) is 0 Å². The van der Waals surface area contributed by atoms with Gasteiger partial charge in [0, 0.05) is 12.1 Å². The Morgan fingerprint density at radius 3 is 2.39 bits per heavy atom. The summed E-state index contributed by atoms with van der Waals surface area (Å²) in [4.78, 5) is 25.0. The van der Waals surface area contributed by atoms with Crippen LogP contribution in [-0.2, 0) is 19.6 Å². The van der Waals surface area contributed by atoms with Gasteiger partial charge >= 0.3 is 5.97 Å². The van der Waals surface area contributed by atoms with Gasteiger partial charge in [0.1, 0.15) is 0 Å². The van der Waals surface area contributed by atoms with E-state index >= 15 is 0 Å². The first-order chi connectivity index (χ1) is 10.7. The van der Waals surface area contributed by atoms with Crippen molar-refractivity contribution in [3.8, 4) is 0 Å². The van der Waals surface area contributed by atoms with E-state index in [2.05, 4.69) is 4.72 Å². The molecule has 0 radical (unpaired) electrons. The Bertz CT molecular complexity index is 700. The van der Waals surface area contributed by atoms with Crippen LogP contribution < -0.4 is 4.72 Å². The summed E-state index contributed by atoms with van der Waals surface area (Å²) in [6, 6.07) is 5.47. The van der Waals surface area contributed by atoms with E-state index < -0.39 is 28.2 Å². The molecule has 1 aromatic carbocycles. The maximum absolute atomic E-state index is 12.5. The molecular weight excluding hydrogens is 324 g/mol. The average molecular weight is 342 g/mol. The number of morpholine rings is 1. The summed E-state index contributed by atoms with van der Waals surface area (Å²) in [6.07, 6.45) is -1.45. The Hall–Kier alpha value is -1.97. The quantitative estimate of drug-likeness (QED) is 0.791. The number of rotatable bonds is 4. The van der Waals surface area contributed by atoms with Crippen LogP contribution >= 0.6 is 0 Å². The smallest absolute Gasteiger partial charge is 0.334 e. The minimum atomic E-state index is -3.57. The number of ether oxygens (including phenoxy) is 1. The fourth-order valence-electron chi connectivity index (χ4n) is 2.33. The van der Waals surface area contributed by atoms with Crippen LogP contribution in [0.1, 0.15) is 17.3 Å². The molecule has 2 N–H and O–H groups in total. The van der Waals surface area contributed by atoms with Crippen LogP contribution in [0.2, 0.25) is 0 Å². The molecule has 9 heteroatoms. The third-order valence-corrected chi connectivity index (χ3v) is 4.93. The monoisotopic (exact) mass is 342 g/mol. The van der Waals surface area contributed by atoms with E-state index in [1.807, 2.05) is 0 Å². The van der Waals surface area contributed by atoms with Gasteiger partial charge in [-0.2, -0.15) is 0 Å². The Labute approximate surface area is 134 Å². The predicted octanol–water partition coefficient (Wildman–Crippen LogP) is -0.0912. The van der Waals surface area contributed by atoms with Gasteiger partial charge in [0.05, 0.1) is 17.5 Å². The minimum Gasteiger partial charge on any atom is -0.479 e. The lowest BCUT2D eigenvalue weighted by Crippen LogP contribution is -2.51. The van der Waals surface area contributed by atoms with Crippen molar-refractivity contribution >= 4 is 21.9 Å². The van der Waals surface area contributed by atoms with E-state index in [4.69, 9.17) is 9.84 Å². The number of carbonyl (C=O) groups is 2. The van der Waals surface area contributed by atoms with Gasteiger partial charge in [-0.15, -0.1) is 0 Å². The predicted molar refractivity (Wildman–Crippen MR) is 80.6 cm³/mol. The van der Waals surface area contributed by atoms with Gasteiger partial charge in [0.15, 0.2) is 6.10 Å². The summed E-state index contributed by atoms with van der Waals surface area (Å²) in [5.41, 5.74) is 0.290. The largest absolute Gasteiger partial charge is 0.479 e. The standard InChI is InChI=1S/C14H18N2O6S/c1-9-7-16(8-12(22-9)14(18)19)13(17)10-3-5-11(6-4-10)23(20,21)15-2/h3-6,9,12,15H,7-8H2,1-2H3,(H,18,19)/t9-,12?/m1/s1. The van der Waals surface area contributed by atoms with E-state index in [9.17, 15) is 18.0 Å². The molecule has 1 unspecified atom stereocenters. The van der Waals surface area contributed by atoms with Gasteiger partial charge in [-0.05, 0) is 38.2 Å². The molecule has 0 saturated carbocycles. The first-order valence-electron chi connectivity index (χ1n) is 6.95. The molecule has 2 atom stereocenters. The number of nitrogens with zero attached hydrogens (tertiary/aromatic N) is 1. The van der Waals surface area contributed by atoms with Crippen molar-refractivity contribution in [2.24, 2.45) is 0 Å². The Morgan fingerprint density at radius 1 is 1.26 bits per heavy atom. The van der Waals surface area contributed by atoms with E-state index in [0.717, 1.165) is 0 Å². The fourth-order valence-corrected chi connectivity index (χ4v) is 3.06. The Kier molecular flexibility index (Phi) is 5.03. The summed E-state index contributed by atoms with van der Waals surface area (Å²) in [7, 11) is -2.27. The number of hydrogen-bond acceptors (Lipinski definition) is 5. The number of carbonyl (C=O) groups excluding carboxylic acids is 1. The molecular formula is C14H18N2O6S. The van der Waals surface area contributed by atoms with Crippen molar-refractivity contribution < 1.29 is 27.9 Å². The number of amides is 1. The van der Waals surface area contributed by atoms with Gasteiger partial charge in [-0.1, -0.05) is 0 Å². The molecule has 1 amide bonds. The van der Waals surface area contributed by atoms with Crippen LogP contribution in [0.5, 0.6) is 0 Å². The minimum absolute atomic E-state index is 0.0466. The molecule has 23 heavy (non-hydrogen) atoms. The lowest BCUT2D eigenvalue weighted by molar-refractivity contribution is -0.160. The van der Waals surface area contributed by atoms with Crippen LogP contribution in [0.15, 0.2) is 29.2 Å². The van der Waals surface area contributed by atoms with Crippen molar-refractivity contribution in [1.82, 2.24) is 9.62 Å². The zero-order valence-corrected chi connectivity index (χ0v) is 13.5.